The van der Waals surface area contributed by atoms with E-state index >= 15 is 0 Å². The molecular weight excluding hydrogens is 272 g/mol. The van der Waals surface area contributed by atoms with Crippen LogP contribution in [0.25, 0.3) is 0 Å². The Balaban J connectivity index is 2.78. The third-order valence-corrected chi connectivity index (χ3v) is 3.22. The van der Waals surface area contributed by atoms with Crippen LogP contribution in [-0.2, 0) is 4.74 Å². The van der Waals surface area contributed by atoms with Gasteiger partial charge in [-0.05, 0) is 64.2 Å². The zero-order valence-corrected chi connectivity index (χ0v) is 13.5. The lowest BCUT2D eigenvalue weighted by atomic mass is 10.2. The van der Waals surface area contributed by atoms with Gasteiger partial charge in [-0.1, -0.05) is 0 Å². The van der Waals surface area contributed by atoms with Crippen molar-refractivity contribution in [2.45, 2.75) is 39.8 Å². The molecule has 0 aliphatic heterocycles. The zero-order valence-electron chi connectivity index (χ0n) is 12.6. The number of nitrogens with one attached hydrogen (secondary N) is 1. The molecule has 0 aromatic heterocycles. The molecule has 0 atom stereocenters. The summed E-state index contributed by atoms with van der Waals surface area (Å²) in [5.74, 6) is -0.342. The van der Waals surface area contributed by atoms with Gasteiger partial charge in [0.25, 0.3) is 0 Å². The first kappa shape index (κ1) is 16.4. The SMILES string of the molecule is COC(=O)c1ccc(NC(=S)N(C(C)C)C(C)C)cc1. The molecule has 0 spiro atoms. The third-order valence-electron chi connectivity index (χ3n) is 2.90. The molecule has 0 aliphatic carbocycles. The molecule has 0 saturated heterocycles. The molecule has 0 amide bonds. The largest absolute Gasteiger partial charge is 0.465 e. The number of ether oxygens (including phenoxy) is 1. The lowest BCUT2D eigenvalue weighted by molar-refractivity contribution is 0.0601. The van der Waals surface area contributed by atoms with E-state index < -0.39 is 0 Å². The standard InChI is InChI=1S/C15H22N2O2S/c1-10(2)17(11(3)4)15(20)16-13-8-6-12(7-9-13)14(18)19-5/h6-11H,1-5H3,(H,16,20). The summed E-state index contributed by atoms with van der Waals surface area (Å²) in [5, 5.41) is 3.88. The second-order valence-corrected chi connectivity index (χ2v) is 5.48. The number of methoxy groups -OCH3 is 1. The Morgan fingerprint density at radius 3 is 2.05 bits per heavy atom. The summed E-state index contributed by atoms with van der Waals surface area (Å²) >= 11 is 5.44. The average molecular weight is 294 g/mol. The summed E-state index contributed by atoms with van der Waals surface area (Å²) in [5.41, 5.74) is 1.38. The van der Waals surface area contributed by atoms with Crippen LogP contribution in [0.1, 0.15) is 38.1 Å². The summed E-state index contributed by atoms with van der Waals surface area (Å²) in [4.78, 5) is 13.5. The number of hydrogen-bond acceptors (Lipinski definition) is 3. The van der Waals surface area contributed by atoms with Crippen LogP contribution >= 0.6 is 12.2 Å². The van der Waals surface area contributed by atoms with Gasteiger partial charge in [-0.2, -0.15) is 0 Å². The molecule has 0 heterocycles. The van der Waals surface area contributed by atoms with E-state index in [2.05, 4.69) is 42.6 Å². The molecule has 1 rings (SSSR count). The Kier molecular flexibility index (Phi) is 5.95. The van der Waals surface area contributed by atoms with Gasteiger partial charge in [0, 0.05) is 17.8 Å². The lowest BCUT2D eigenvalue weighted by Gasteiger charge is -2.33. The number of benzene rings is 1. The van der Waals surface area contributed by atoms with Crippen molar-refractivity contribution in [3.05, 3.63) is 29.8 Å². The quantitative estimate of drug-likeness (QED) is 0.682. The van der Waals surface area contributed by atoms with Crippen LogP contribution < -0.4 is 5.32 Å². The van der Waals surface area contributed by atoms with Crippen molar-refractivity contribution in [3.63, 3.8) is 0 Å². The smallest absolute Gasteiger partial charge is 0.337 e. The zero-order chi connectivity index (χ0) is 15.3. The van der Waals surface area contributed by atoms with Gasteiger partial charge in [-0.15, -0.1) is 0 Å². The molecule has 1 N–H and O–H groups in total. The Morgan fingerprint density at radius 1 is 1.15 bits per heavy atom. The molecule has 0 bridgehead atoms. The number of nitrogens with zero attached hydrogens (tertiary/aromatic N) is 1. The number of hydrogen-bond donors (Lipinski definition) is 1. The summed E-state index contributed by atoms with van der Waals surface area (Å²) in [6.07, 6.45) is 0. The van der Waals surface area contributed by atoms with E-state index in [4.69, 9.17) is 12.2 Å². The minimum atomic E-state index is -0.342. The van der Waals surface area contributed by atoms with E-state index in [-0.39, 0.29) is 5.97 Å². The first-order valence-electron chi connectivity index (χ1n) is 6.64. The van der Waals surface area contributed by atoms with Gasteiger partial charge in [0.05, 0.1) is 12.7 Å². The first-order chi connectivity index (χ1) is 9.36. The fourth-order valence-electron chi connectivity index (χ4n) is 2.06. The summed E-state index contributed by atoms with van der Waals surface area (Å²) in [7, 11) is 1.37. The second-order valence-electron chi connectivity index (χ2n) is 5.09. The number of esters is 1. The molecule has 0 fully saturated rings. The Bertz CT molecular complexity index is 461. The molecular formula is C15H22N2O2S. The predicted molar refractivity (Wildman–Crippen MR) is 86.1 cm³/mol. The van der Waals surface area contributed by atoms with Gasteiger partial charge in [0.2, 0.25) is 0 Å². The van der Waals surface area contributed by atoms with Crippen LogP contribution in [0.15, 0.2) is 24.3 Å². The van der Waals surface area contributed by atoms with E-state index in [9.17, 15) is 4.79 Å². The highest BCUT2D eigenvalue weighted by Crippen LogP contribution is 2.13. The minimum Gasteiger partial charge on any atom is -0.465 e. The van der Waals surface area contributed by atoms with E-state index in [1.165, 1.54) is 7.11 Å². The van der Waals surface area contributed by atoms with Crippen molar-refractivity contribution >= 4 is 29.0 Å². The van der Waals surface area contributed by atoms with Gasteiger partial charge >= 0.3 is 5.97 Å². The molecule has 0 aliphatic rings. The lowest BCUT2D eigenvalue weighted by Crippen LogP contribution is -2.44. The highest BCUT2D eigenvalue weighted by atomic mass is 32.1. The maximum absolute atomic E-state index is 11.4. The maximum atomic E-state index is 11.4. The monoisotopic (exact) mass is 294 g/mol. The minimum absolute atomic E-state index is 0.323. The fourth-order valence-corrected chi connectivity index (χ4v) is 2.60. The van der Waals surface area contributed by atoms with E-state index in [1.54, 1.807) is 12.1 Å². The Hall–Kier alpha value is -1.62. The number of rotatable bonds is 4. The van der Waals surface area contributed by atoms with Crippen LogP contribution in [0, 0.1) is 0 Å². The second kappa shape index (κ2) is 7.24. The molecule has 0 unspecified atom stereocenters. The molecule has 20 heavy (non-hydrogen) atoms. The van der Waals surface area contributed by atoms with Gasteiger partial charge < -0.3 is 15.0 Å². The van der Waals surface area contributed by atoms with Crippen LogP contribution in [0.2, 0.25) is 0 Å². The number of carbonyl (C=O) groups excluding carboxylic acids is 1. The van der Waals surface area contributed by atoms with Crippen LogP contribution in [0.5, 0.6) is 0 Å². The van der Waals surface area contributed by atoms with Crippen molar-refractivity contribution in [2.24, 2.45) is 0 Å². The van der Waals surface area contributed by atoms with Crippen LogP contribution in [0.4, 0.5) is 5.69 Å². The molecule has 0 saturated carbocycles. The van der Waals surface area contributed by atoms with E-state index in [0.29, 0.717) is 22.8 Å². The van der Waals surface area contributed by atoms with Gasteiger partial charge in [0.15, 0.2) is 5.11 Å². The highest BCUT2D eigenvalue weighted by Gasteiger charge is 2.16. The highest BCUT2D eigenvalue weighted by molar-refractivity contribution is 7.80. The number of anilines is 1. The molecule has 4 nitrogen and oxygen atoms in total. The molecule has 5 heteroatoms. The fraction of sp³-hybridized carbons (Fsp3) is 0.467. The Labute approximate surface area is 126 Å². The molecule has 1 aromatic carbocycles. The van der Waals surface area contributed by atoms with E-state index in [1.807, 2.05) is 12.1 Å². The maximum Gasteiger partial charge on any atom is 0.337 e. The topological polar surface area (TPSA) is 41.6 Å². The van der Waals surface area contributed by atoms with Gasteiger partial charge in [-0.3, -0.25) is 0 Å². The summed E-state index contributed by atoms with van der Waals surface area (Å²) in [6.45, 7) is 8.42. The molecule has 110 valence electrons. The summed E-state index contributed by atoms with van der Waals surface area (Å²) < 4.78 is 4.67. The molecule has 1 aromatic rings. The Morgan fingerprint density at radius 2 is 1.65 bits per heavy atom. The third kappa shape index (κ3) is 4.20. The van der Waals surface area contributed by atoms with E-state index in [0.717, 1.165) is 5.69 Å². The van der Waals surface area contributed by atoms with Gasteiger partial charge in [0.1, 0.15) is 0 Å². The van der Waals surface area contributed by atoms with Crippen molar-refractivity contribution < 1.29 is 9.53 Å². The summed E-state index contributed by atoms with van der Waals surface area (Å²) in [6, 6.07) is 7.71. The van der Waals surface area contributed by atoms with Crippen molar-refractivity contribution in [3.8, 4) is 0 Å². The number of thiocarbonyl (C=S) groups is 1. The normalized spacial score (nSPS) is 10.6. The first-order valence-corrected chi connectivity index (χ1v) is 7.05. The van der Waals surface area contributed by atoms with Crippen molar-refractivity contribution in [1.29, 1.82) is 0 Å². The van der Waals surface area contributed by atoms with Crippen LogP contribution in [0.3, 0.4) is 0 Å². The van der Waals surface area contributed by atoms with Crippen LogP contribution in [-0.4, -0.2) is 35.2 Å². The number of carbonyl (C=O) groups is 1. The van der Waals surface area contributed by atoms with Gasteiger partial charge in [-0.25, -0.2) is 4.79 Å². The molecule has 0 radical (unpaired) electrons. The van der Waals surface area contributed by atoms with Crippen molar-refractivity contribution in [2.75, 3.05) is 12.4 Å². The average Bonchev–Trinajstić information content (AvgIpc) is 2.37. The predicted octanol–water partition coefficient (Wildman–Crippen LogP) is 3.29. The van der Waals surface area contributed by atoms with Crippen molar-refractivity contribution in [1.82, 2.24) is 4.90 Å².